The van der Waals surface area contributed by atoms with E-state index in [-0.39, 0.29) is 6.29 Å². The number of aldehydes is 1. The van der Waals surface area contributed by atoms with Gasteiger partial charge in [0.05, 0.1) is 25.4 Å². The van der Waals surface area contributed by atoms with Crippen LogP contribution in [0.4, 0.5) is 0 Å². The Hall–Kier alpha value is -0.890. The van der Waals surface area contributed by atoms with Gasteiger partial charge >= 0.3 is 0 Å². The minimum Gasteiger partial charge on any atom is -0.394 e. The van der Waals surface area contributed by atoms with Gasteiger partial charge in [0.25, 0.3) is 0 Å². The van der Waals surface area contributed by atoms with Crippen molar-refractivity contribution in [3.05, 3.63) is 0 Å². The third-order valence-corrected chi connectivity index (χ3v) is 5.63. The van der Waals surface area contributed by atoms with E-state index >= 15 is 0 Å². The first-order valence-electron chi connectivity index (χ1n) is 10.3. The maximum atomic E-state index is 10.8. The summed E-state index contributed by atoms with van der Waals surface area (Å²) in [6.07, 6.45) is -21.3. The Morgan fingerprint density at radius 2 is 1.45 bits per heavy atom. The molecule has 0 aliphatic carbocycles. The molecule has 0 aromatic carbocycles. The van der Waals surface area contributed by atoms with Crippen LogP contribution in [0.5, 0.6) is 0 Å². The number of aliphatic hydroxyl groups is 9. The zero-order chi connectivity index (χ0) is 25.0. The van der Waals surface area contributed by atoms with Gasteiger partial charge in [-0.1, -0.05) is 0 Å². The molecule has 15 nitrogen and oxygen atoms in total. The molecular formula is C18H33NO14. The maximum Gasteiger partial charge on any atom is 0.187 e. The van der Waals surface area contributed by atoms with Crippen molar-refractivity contribution in [1.29, 1.82) is 0 Å². The van der Waals surface area contributed by atoms with E-state index in [1.165, 1.54) is 6.92 Å². The van der Waals surface area contributed by atoms with Crippen LogP contribution in [-0.4, -0.2) is 151 Å². The van der Waals surface area contributed by atoms with E-state index in [0.29, 0.717) is 0 Å². The third-order valence-electron chi connectivity index (χ3n) is 5.63. The lowest BCUT2D eigenvalue weighted by molar-refractivity contribution is -0.357. The number of ether oxygens (including phenoxy) is 4. The van der Waals surface area contributed by atoms with E-state index < -0.39 is 99.0 Å². The summed E-state index contributed by atoms with van der Waals surface area (Å²) in [5.74, 6) is 0. The molecule has 2 saturated heterocycles. The molecule has 194 valence electrons. The second-order valence-electron chi connectivity index (χ2n) is 8.05. The largest absolute Gasteiger partial charge is 0.394 e. The Morgan fingerprint density at radius 3 is 1.97 bits per heavy atom. The average molecular weight is 487 g/mol. The topological polar surface area (TPSA) is 262 Å². The van der Waals surface area contributed by atoms with Gasteiger partial charge in [-0.2, -0.15) is 0 Å². The van der Waals surface area contributed by atoms with Gasteiger partial charge in [-0.05, 0) is 6.92 Å². The summed E-state index contributed by atoms with van der Waals surface area (Å²) in [6, 6.07) is -1.37. The molecule has 2 rings (SSSR count). The SMILES string of the molecule is C[C@H](O)[C@H](O[C@H]1O[C@H](CO)[C@H](O)[C@H](O[C@@H]2O[C@H](CO)[C@@H](O)[C@H](O)[C@H]2N)[C@H]1O)[C@@H](O)[C@@H](O)C=O. The van der Waals surface area contributed by atoms with E-state index in [9.17, 15) is 50.8 Å². The van der Waals surface area contributed by atoms with Crippen LogP contribution in [-0.2, 0) is 23.7 Å². The van der Waals surface area contributed by atoms with Crippen molar-refractivity contribution in [2.24, 2.45) is 5.73 Å². The molecule has 0 unspecified atom stereocenters. The molecule has 0 saturated carbocycles. The van der Waals surface area contributed by atoms with Crippen LogP contribution in [0, 0.1) is 0 Å². The van der Waals surface area contributed by atoms with Crippen LogP contribution >= 0.6 is 0 Å². The average Bonchev–Trinajstić information content (AvgIpc) is 2.79. The van der Waals surface area contributed by atoms with E-state index in [1.54, 1.807) is 0 Å². The summed E-state index contributed by atoms with van der Waals surface area (Å²) in [7, 11) is 0. The number of hydrogen-bond acceptors (Lipinski definition) is 15. The molecule has 14 atom stereocenters. The molecule has 0 amide bonds. The first-order chi connectivity index (χ1) is 15.5. The summed E-state index contributed by atoms with van der Waals surface area (Å²) in [5.41, 5.74) is 5.80. The predicted octanol–water partition coefficient (Wildman–Crippen LogP) is -6.74. The fourth-order valence-electron chi connectivity index (χ4n) is 3.62. The first kappa shape index (κ1) is 28.3. The molecule has 2 fully saturated rings. The van der Waals surface area contributed by atoms with Crippen molar-refractivity contribution in [1.82, 2.24) is 0 Å². The van der Waals surface area contributed by atoms with Crippen LogP contribution in [0.3, 0.4) is 0 Å². The van der Waals surface area contributed by atoms with Crippen molar-refractivity contribution >= 4 is 6.29 Å². The van der Waals surface area contributed by atoms with E-state index in [2.05, 4.69) is 0 Å². The van der Waals surface area contributed by atoms with Gasteiger partial charge in [0.2, 0.25) is 0 Å². The standard InChI is InChI=1S/C18H33NO14/c1-5(23)15(10(25)6(24)2-20)32-18-14(29)16(12(27)8(4-22)31-18)33-17-9(19)13(28)11(26)7(3-21)30-17/h2,5-18,21-29H,3-4,19H2,1H3/t5-,6-,7+,8+,9+,10-,11+,12-,13+,14+,15-,16-,17-,18+/m0/s1. The Labute approximate surface area is 188 Å². The van der Waals surface area contributed by atoms with Gasteiger partial charge < -0.3 is 75.4 Å². The highest BCUT2D eigenvalue weighted by molar-refractivity contribution is 5.56. The zero-order valence-corrected chi connectivity index (χ0v) is 17.7. The molecule has 2 aliphatic heterocycles. The van der Waals surface area contributed by atoms with Gasteiger partial charge in [0, 0.05) is 0 Å². The molecule has 0 radical (unpaired) electrons. The Morgan fingerprint density at radius 1 is 0.909 bits per heavy atom. The number of carbonyl (C=O) groups excluding carboxylic acids is 1. The molecule has 0 bridgehead atoms. The summed E-state index contributed by atoms with van der Waals surface area (Å²) < 4.78 is 21.5. The Bertz CT molecular complexity index is 611. The minimum absolute atomic E-state index is 0.00682. The van der Waals surface area contributed by atoms with E-state index in [1.807, 2.05) is 0 Å². The van der Waals surface area contributed by atoms with E-state index in [0.717, 1.165) is 0 Å². The van der Waals surface area contributed by atoms with Gasteiger partial charge in [-0.15, -0.1) is 0 Å². The van der Waals surface area contributed by atoms with Crippen molar-refractivity contribution in [3.63, 3.8) is 0 Å². The molecule has 0 aromatic heterocycles. The number of rotatable bonds is 10. The molecule has 0 aromatic rings. The molecular weight excluding hydrogens is 454 g/mol. The highest BCUT2D eigenvalue weighted by Crippen LogP contribution is 2.30. The number of carbonyl (C=O) groups is 1. The number of hydrogen-bond donors (Lipinski definition) is 10. The van der Waals surface area contributed by atoms with Crippen LogP contribution in [0.25, 0.3) is 0 Å². The summed E-state index contributed by atoms with van der Waals surface area (Å²) in [4.78, 5) is 10.8. The van der Waals surface area contributed by atoms with Crippen molar-refractivity contribution in [3.8, 4) is 0 Å². The third kappa shape index (κ3) is 6.22. The highest BCUT2D eigenvalue weighted by Gasteiger charge is 2.51. The van der Waals surface area contributed by atoms with E-state index in [4.69, 9.17) is 24.7 Å². The second-order valence-corrected chi connectivity index (χ2v) is 8.05. The molecule has 33 heavy (non-hydrogen) atoms. The fraction of sp³-hybridized carbons (Fsp3) is 0.944. The molecule has 15 heteroatoms. The molecule has 0 spiro atoms. The normalized spacial score (nSPS) is 43.5. The molecule has 2 heterocycles. The quantitative estimate of drug-likeness (QED) is 0.128. The fourth-order valence-corrected chi connectivity index (χ4v) is 3.62. The predicted molar refractivity (Wildman–Crippen MR) is 103 cm³/mol. The van der Waals surface area contributed by atoms with Crippen molar-refractivity contribution in [2.75, 3.05) is 13.2 Å². The van der Waals surface area contributed by atoms with Crippen LogP contribution in [0.15, 0.2) is 0 Å². The van der Waals surface area contributed by atoms with Crippen molar-refractivity contribution in [2.45, 2.75) is 92.7 Å². The summed E-state index contributed by atoms with van der Waals surface area (Å²) >= 11 is 0. The number of aliphatic hydroxyl groups excluding tert-OH is 9. The lowest BCUT2D eigenvalue weighted by Gasteiger charge is -2.47. The molecule has 11 N–H and O–H groups in total. The lowest BCUT2D eigenvalue weighted by atomic mass is 9.96. The van der Waals surface area contributed by atoms with Crippen LogP contribution < -0.4 is 5.73 Å². The molecule has 2 aliphatic rings. The number of nitrogens with two attached hydrogens (primary N) is 1. The van der Waals surface area contributed by atoms with Gasteiger partial charge in [0.1, 0.15) is 61.0 Å². The second kappa shape index (κ2) is 12.2. The summed E-state index contributed by atoms with van der Waals surface area (Å²) in [6.45, 7) is -0.323. The Balaban J connectivity index is 2.23. The van der Waals surface area contributed by atoms with Gasteiger partial charge in [-0.3, -0.25) is 0 Å². The lowest BCUT2D eigenvalue weighted by Crippen LogP contribution is -2.67. The monoisotopic (exact) mass is 487 g/mol. The smallest absolute Gasteiger partial charge is 0.187 e. The highest BCUT2D eigenvalue weighted by atomic mass is 16.7. The maximum absolute atomic E-state index is 10.8. The Kier molecular flexibility index (Phi) is 10.5. The van der Waals surface area contributed by atoms with Crippen LogP contribution in [0.1, 0.15) is 6.92 Å². The summed E-state index contributed by atoms with van der Waals surface area (Å²) in [5, 5.41) is 89.6. The van der Waals surface area contributed by atoms with Gasteiger partial charge in [-0.25, -0.2) is 0 Å². The first-order valence-corrected chi connectivity index (χ1v) is 10.3. The van der Waals surface area contributed by atoms with Crippen molar-refractivity contribution < 1.29 is 69.7 Å². The zero-order valence-electron chi connectivity index (χ0n) is 17.7. The van der Waals surface area contributed by atoms with Gasteiger partial charge in [0.15, 0.2) is 18.9 Å². The minimum atomic E-state index is -1.94. The van der Waals surface area contributed by atoms with Crippen LogP contribution in [0.2, 0.25) is 0 Å².